The van der Waals surface area contributed by atoms with E-state index in [-0.39, 0.29) is 0 Å². The van der Waals surface area contributed by atoms with E-state index in [1.807, 2.05) is 0 Å². The zero-order chi connectivity index (χ0) is 22.0. The molecule has 0 rings (SSSR count). The van der Waals surface area contributed by atoms with Crippen LogP contribution in [0.5, 0.6) is 0 Å². The van der Waals surface area contributed by atoms with E-state index in [4.69, 9.17) is 11.8 Å². The predicted molar refractivity (Wildman–Crippen MR) is 151 cm³/mol. The Hall–Kier alpha value is 0.920. The van der Waals surface area contributed by atoms with E-state index >= 15 is 0 Å². The van der Waals surface area contributed by atoms with Crippen molar-refractivity contribution in [3.63, 3.8) is 0 Å². The van der Waals surface area contributed by atoms with Gasteiger partial charge in [0.1, 0.15) is 3.64 Å². The molecule has 0 amide bonds. The molecular formula is C24H45PS4. The zero-order valence-electron chi connectivity index (χ0n) is 19.2. The van der Waals surface area contributed by atoms with Gasteiger partial charge in [0.25, 0.3) is 0 Å². The van der Waals surface area contributed by atoms with Gasteiger partial charge in [-0.15, -0.1) is 53.9 Å². The number of rotatable bonds is 21. The molecule has 0 nitrogen and oxygen atoms in total. The highest BCUT2D eigenvalue weighted by molar-refractivity contribution is 9.23. The average Bonchev–Trinajstić information content (AvgIpc) is 2.69. The molecule has 0 saturated heterocycles. The van der Waals surface area contributed by atoms with Crippen LogP contribution in [0.3, 0.4) is 0 Å². The normalized spacial score (nSPS) is 16.5. The summed E-state index contributed by atoms with van der Waals surface area (Å²) in [5, 5.41) is 1.85. The summed E-state index contributed by atoms with van der Waals surface area (Å²) in [7, 11) is 0. The molecule has 0 bridgehead atoms. The SMILES string of the molecule is C=CCC(CCCC)SP(=S)(SC(CC=C)CCCC)SC(CC=C)CCCC. The van der Waals surface area contributed by atoms with Gasteiger partial charge in [-0.2, -0.15) is 0 Å². The minimum atomic E-state index is -1.66. The third-order valence-corrected chi connectivity index (χ3v) is 19.7. The Labute approximate surface area is 200 Å². The molecule has 3 unspecified atom stereocenters. The van der Waals surface area contributed by atoms with E-state index in [0.717, 1.165) is 19.3 Å². The van der Waals surface area contributed by atoms with Crippen LogP contribution >= 0.6 is 37.8 Å². The largest absolute Gasteiger partial charge is 0.110 e. The van der Waals surface area contributed by atoms with Gasteiger partial charge >= 0.3 is 0 Å². The molecule has 0 aromatic heterocycles. The third-order valence-electron chi connectivity index (χ3n) is 4.76. The molecular weight excluding hydrogens is 448 g/mol. The lowest BCUT2D eigenvalue weighted by Crippen LogP contribution is -2.06. The molecule has 0 saturated carbocycles. The van der Waals surface area contributed by atoms with E-state index in [0.29, 0.717) is 15.7 Å². The number of allylic oxidation sites excluding steroid dienone is 3. The minimum absolute atomic E-state index is 0.615. The van der Waals surface area contributed by atoms with Crippen molar-refractivity contribution in [2.24, 2.45) is 0 Å². The average molecular weight is 493 g/mol. The van der Waals surface area contributed by atoms with Crippen molar-refractivity contribution in [1.29, 1.82) is 0 Å². The van der Waals surface area contributed by atoms with Gasteiger partial charge in [-0.1, -0.05) is 89.3 Å². The molecule has 29 heavy (non-hydrogen) atoms. The van der Waals surface area contributed by atoms with Crippen molar-refractivity contribution >= 4 is 49.6 Å². The second-order valence-corrected chi connectivity index (χ2v) is 23.8. The topological polar surface area (TPSA) is 0 Å². The molecule has 0 fully saturated rings. The maximum Gasteiger partial charge on any atom is 0.110 e. The Bertz CT molecular complexity index is 411. The molecule has 0 heterocycles. The first-order valence-electron chi connectivity index (χ1n) is 11.5. The highest BCUT2D eigenvalue weighted by Crippen LogP contribution is 2.82. The van der Waals surface area contributed by atoms with Crippen molar-refractivity contribution in [2.45, 2.75) is 114 Å². The third kappa shape index (κ3) is 15.4. The minimum Gasteiger partial charge on any atom is -0.103 e. The molecule has 0 aliphatic heterocycles. The molecule has 0 aliphatic rings. The molecule has 5 heteroatoms. The summed E-state index contributed by atoms with van der Waals surface area (Å²) in [4.78, 5) is 0. The molecule has 0 N–H and O–H groups in total. The summed E-state index contributed by atoms with van der Waals surface area (Å²) in [5.41, 5.74) is 0. The van der Waals surface area contributed by atoms with Crippen LogP contribution in [-0.2, 0) is 11.8 Å². The lowest BCUT2D eigenvalue weighted by atomic mass is 10.1. The molecule has 3 atom stereocenters. The van der Waals surface area contributed by atoms with Gasteiger partial charge in [0.2, 0.25) is 0 Å². The first kappa shape index (κ1) is 29.9. The van der Waals surface area contributed by atoms with Crippen LogP contribution in [0, 0.1) is 0 Å². The Morgan fingerprint density at radius 2 is 0.931 bits per heavy atom. The van der Waals surface area contributed by atoms with Crippen LogP contribution in [0.4, 0.5) is 0 Å². The molecule has 0 aromatic carbocycles. The van der Waals surface area contributed by atoms with Crippen LogP contribution < -0.4 is 0 Å². The zero-order valence-corrected chi connectivity index (χ0v) is 23.3. The highest BCUT2D eigenvalue weighted by Gasteiger charge is 2.30. The van der Waals surface area contributed by atoms with Crippen molar-refractivity contribution in [3.8, 4) is 0 Å². The van der Waals surface area contributed by atoms with Crippen molar-refractivity contribution in [1.82, 2.24) is 0 Å². The van der Waals surface area contributed by atoms with Gasteiger partial charge < -0.3 is 0 Å². The summed E-state index contributed by atoms with van der Waals surface area (Å²) in [6, 6.07) is 0. The van der Waals surface area contributed by atoms with Gasteiger partial charge in [-0.25, -0.2) is 0 Å². The van der Waals surface area contributed by atoms with Gasteiger partial charge in [0.05, 0.1) is 0 Å². The summed E-state index contributed by atoms with van der Waals surface area (Å²) >= 11 is 13.0. The maximum atomic E-state index is 6.52. The number of hydrogen-bond donors (Lipinski definition) is 0. The quantitative estimate of drug-likeness (QED) is 0.115. The fourth-order valence-corrected chi connectivity index (χ4v) is 22.5. The van der Waals surface area contributed by atoms with E-state index < -0.39 is 3.64 Å². The van der Waals surface area contributed by atoms with E-state index in [2.05, 4.69) is 92.9 Å². The summed E-state index contributed by atoms with van der Waals surface area (Å²) in [6.45, 7) is 18.9. The molecule has 0 spiro atoms. The van der Waals surface area contributed by atoms with Crippen LogP contribution in [0.2, 0.25) is 0 Å². The van der Waals surface area contributed by atoms with E-state index in [9.17, 15) is 0 Å². The highest BCUT2D eigenvalue weighted by atomic mass is 33.5. The fraction of sp³-hybridized carbons (Fsp3) is 0.750. The first-order chi connectivity index (χ1) is 14.0. The summed E-state index contributed by atoms with van der Waals surface area (Å²) in [5.74, 6) is 0. The van der Waals surface area contributed by atoms with Crippen LogP contribution in [0.25, 0.3) is 0 Å². The second-order valence-electron chi connectivity index (χ2n) is 7.63. The lowest BCUT2D eigenvalue weighted by molar-refractivity contribution is 0.689. The maximum absolute atomic E-state index is 6.52. The molecule has 170 valence electrons. The predicted octanol–water partition coefficient (Wildman–Crippen LogP) is 10.8. The monoisotopic (exact) mass is 492 g/mol. The van der Waals surface area contributed by atoms with Crippen LogP contribution in [0.1, 0.15) is 97.8 Å². The fourth-order valence-electron chi connectivity index (χ4n) is 3.12. The lowest BCUT2D eigenvalue weighted by Gasteiger charge is -2.31. The summed E-state index contributed by atoms with van der Waals surface area (Å²) < 4.78 is -1.66. The molecule has 0 radical (unpaired) electrons. The summed E-state index contributed by atoms with van der Waals surface area (Å²) in [6.07, 6.45) is 20.9. The second kappa shape index (κ2) is 19.6. The van der Waals surface area contributed by atoms with E-state index in [1.165, 1.54) is 57.8 Å². The Morgan fingerprint density at radius 3 is 1.14 bits per heavy atom. The Morgan fingerprint density at radius 1 is 0.655 bits per heavy atom. The smallest absolute Gasteiger partial charge is 0.103 e. The van der Waals surface area contributed by atoms with Crippen molar-refractivity contribution in [3.05, 3.63) is 38.0 Å². The van der Waals surface area contributed by atoms with Gasteiger partial charge in [0, 0.05) is 15.7 Å². The Balaban J connectivity index is 5.52. The van der Waals surface area contributed by atoms with Crippen molar-refractivity contribution < 1.29 is 0 Å². The Kier molecular flexibility index (Phi) is 20.2. The molecule has 0 aliphatic carbocycles. The number of hydrogen-bond acceptors (Lipinski definition) is 4. The first-order valence-corrected chi connectivity index (χ1v) is 18.7. The van der Waals surface area contributed by atoms with Gasteiger partial charge in [-0.05, 0) is 38.5 Å². The van der Waals surface area contributed by atoms with Crippen LogP contribution in [0.15, 0.2) is 38.0 Å². The van der Waals surface area contributed by atoms with E-state index in [1.54, 1.807) is 0 Å². The van der Waals surface area contributed by atoms with Crippen LogP contribution in [-0.4, -0.2) is 15.7 Å². The standard InChI is InChI=1S/C24H45PS4/c1-7-13-19-22(16-10-4)27-25(26,28-23(17-11-5)20-14-8-2)29-24(18-12-6)21-15-9-3/h10-12,22-24H,4-9,13-21H2,1-3H3. The van der Waals surface area contributed by atoms with Gasteiger partial charge in [0.15, 0.2) is 0 Å². The van der Waals surface area contributed by atoms with Gasteiger partial charge in [-0.3, -0.25) is 0 Å². The molecule has 0 aromatic rings. The number of unbranched alkanes of at least 4 members (excludes halogenated alkanes) is 3. The van der Waals surface area contributed by atoms with Crippen molar-refractivity contribution in [2.75, 3.05) is 0 Å².